The quantitative estimate of drug-likeness (QED) is 0.548. The molecule has 29 heavy (non-hydrogen) atoms. The third kappa shape index (κ3) is 4.54. The zero-order chi connectivity index (χ0) is 20.2. The highest BCUT2D eigenvalue weighted by atomic mass is 35.5. The molecule has 3 aromatic heterocycles. The van der Waals surface area contributed by atoms with Crippen LogP contribution in [0.1, 0.15) is 22.1 Å². The minimum atomic E-state index is 0.235. The fourth-order valence-corrected chi connectivity index (χ4v) is 4.42. The lowest BCUT2D eigenvalue weighted by molar-refractivity contribution is -0.118. The lowest BCUT2D eigenvalue weighted by atomic mass is 10.1. The molecule has 1 saturated heterocycles. The maximum absolute atomic E-state index is 11.0. The van der Waals surface area contributed by atoms with Crippen molar-refractivity contribution >= 4 is 29.8 Å². The second kappa shape index (κ2) is 8.84. The topological polar surface area (TPSA) is 81.4 Å². The molecule has 0 radical (unpaired) electrons. The second-order valence-corrected chi connectivity index (χ2v) is 8.35. The van der Waals surface area contributed by atoms with Crippen LogP contribution in [0.15, 0.2) is 41.2 Å². The Bertz CT molecular complexity index is 978. The number of rotatable bonds is 6. The number of pyridine rings is 2. The molecular formula is C20H19ClN4O3S. The molecule has 1 atom stereocenters. The third-order valence-corrected chi connectivity index (χ3v) is 6.16. The summed E-state index contributed by atoms with van der Waals surface area (Å²) in [6.45, 7) is 3.59. The first-order valence-corrected chi connectivity index (χ1v) is 10.5. The number of carbonyl (C=O) groups is 1. The van der Waals surface area contributed by atoms with E-state index in [9.17, 15) is 4.79 Å². The number of carbonyl (C=O) groups excluding carboxylic acids is 1. The van der Waals surface area contributed by atoms with Crippen LogP contribution in [-0.4, -0.2) is 45.3 Å². The van der Waals surface area contributed by atoms with Gasteiger partial charge in [0, 0.05) is 42.6 Å². The highest BCUT2D eigenvalue weighted by Crippen LogP contribution is 2.33. The molecule has 3 aromatic rings. The molecule has 1 amide bonds. The van der Waals surface area contributed by atoms with Crippen LogP contribution < -0.4 is 4.74 Å². The number of halogens is 1. The van der Waals surface area contributed by atoms with Crippen LogP contribution >= 0.6 is 23.4 Å². The molecule has 0 N–H and O–H groups in total. The molecule has 0 aromatic carbocycles. The van der Waals surface area contributed by atoms with Crippen LogP contribution in [0.4, 0.5) is 0 Å². The minimum Gasteiger partial charge on any atom is -0.473 e. The van der Waals surface area contributed by atoms with Gasteiger partial charge in [0.2, 0.25) is 12.3 Å². The van der Waals surface area contributed by atoms with Gasteiger partial charge in [-0.25, -0.2) is 4.98 Å². The van der Waals surface area contributed by atoms with Crippen molar-refractivity contribution in [1.29, 1.82) is 0 Å². The van der Waals surface area contributed by atoms with Crippen LogP contribution in [0.25, 0.3) is 11.4 Å². The SMILES string of the molecule is Cc1onc(-c2ccc(Cl)cn2)c1COc1ccc(C2CN(C=O)CCS2)cn1. The Balaban J connectivity index is 1.44. The first kappa shape index (κ1) is 19.7. The van der Waals surface area contributed by atoms with Crippen molar-refractivity contribution in [2.45, 2.75) is 18.8 Å². The van der Waals surface area contributed by atoms with E-state index >= 15 is 0 Å². The fourth-order valence-electron chi connectivity index (χ4n) is 3.06. The average Bonchev–Trinajstić information content (AvgIpc) is 3.13. The summed E-state index contributed by atoms with van der Waals surface area (Å²) in [5, 5.41) is 4.89. The van der Waals surface area contributed by atoms with Gasteiger partial charge in [-0.2, -0.15) is 11.8 Å². The van der Waals surface area contributed by atoms with Crippen LogP contribution in [0, 0.1) is 6.92 Å². The summed E-state index contributed by atoms with van der Waals surface area (Å²) in [6, 6.07) is 7.39. The predicted octanol–water partition coefficient (Wildman–Crippen LogP) is 3.92. The van der Waals surface area contributed by atoms with E-state index in [4.69, 9.17) is 20.9 Å². The van der Waals surface area contributed by atoms with Gasteiger partial charge in [-0.3, -0.25) is 9.78 Å². The van der Waals surface area contributed by atoms with Crippen LogP contribution in [-0.2, 0) is 11.4 Å². The van der Waals surface area contributed by atoms with E-state index in [0.717, 1.165) is 29.8 Å². The van der Waals surface area contributed by atoms with Crippen molar-refractivity contribution in [2.24, 2.45) is 0 Å². The molecule has 0 spiro atoms. The van der Waals surface area contributed by atoms with Gasteiger partial charge < -0.3 is 14.2 Å². The second-order valence-electron chi connectivity index (χ2n) is 6.61. The summed E-state index contributed by atoms with van der Waals surface area (Å²) in [4.78, 5) is 21.5. The molecule has 1 aliphatic rings. The summed E-state index contributed by atoms with van der Waals surface area (Å²) in [5.74, 6) is 2.11. The summed E-state index contributed by atoms with van der Waals surface area (Å²) >= 11 is 7.75. The average molecular weight is 431 g/mol. The van der Waals surface area contributed by atoms with Gasteiger partial charge in [-0.1, -0.05) is 22.8 Å². The van der Waals surface area contributed by atoms with Crippen LogP contribution in [0.2, 0.25) is 5.02 Å². The van der Waals surface area contributed by atoms with E-state index in [1.165, 1.54) is 0 Å². The highest BCUT2D eigenvalue weighted by molar-refractivity contribution is 7.99. The standard InChI is InChI=1S/C20H19ClN4O3S/c1-13-16(20(24-28-13)17-4-3-15(21)9-22-17)11-27-19-5-2-14(8-23-19)18-10-25(12-26)6-7-29-18/h2-5,8-9,12,18H,6-7,10-11H2,1H3. The summed E-state index contributed by atoms with van der Waals surface area (Å²) in [6.07, 6.45) is 4.29. The molecule has 4 heterocycles. The zero-order valence-corrected chi connectivity index (χ0v) is 17.3. The van der Waals surface area contributed by atoms with Crippen LogP contribution in [0.3, 0.4) is 0 Å². The number of ether oxygens (including phenoxy) is 1. The summed E-state index contributed by atoms with van der Waals surface area (Å²) in [7, 11) is 0. The van der Waals surface area contributed by atoms with Gasteiger partial charge in [0.05, 0.1) is 16.3 Å². The highest BCUT2D eigenvalue weighted by Gasteiger charge is 2.21. The van der Waals surface area contributed by atoms with Gasteiger partial charge in [0.15, 0.2) is 0 Å². The van der Waals surface area contributed by atoms with E-state index in [2.05, 4.69) is 15.1 Å². The summed E-state index contributed by atoms with van der Waals surface area (Å²) < 4.78 is 11.2. The molecule has 7 nitrogen and oxygen atoms in total. The minimum absolute atomic E-state index is 0.235. The van der Waals surface area contributed by atoms with Crippen molar-refractivity contribution in [2.75, 3.05) is 18.8 Å². The summed E-state index contributed by atoms with van der Waals surface area (Å²) in [5.41, 5.74) is 3.20. The van der Waals surface area contributed by atoms with Gasteiger partial charge in [-0.15, -0.1) is 0 Å². The van der Waals surface area contributed by atoms with E-state index in [1.807, 2.05) is 37.0 Å². The lowest BCUT2D eigenvalue weighted by Crippen LogP contribution is -2.33. The number of aromatic nitrogens is 3. The number of nitrogens with zero attached hydrogens (tertiary/aromatic N) is 4. The molecule has 1 unspecified atom stereocenters. The predicted molar refractivity (Wildman–Crippen MR) is 111 cm³/mol. The largest absolute Gasteiger partial charge is 0.473 e. The molecule has 1 fully saturated rings. The molecule has 4 rings (SSSR count). The Morgan fingerprint density at radius 1 is 1.31 bits per heavy atom. The van der Waals surface area contributed by atoms with E-state index in [-0.39, 0.29) is 11.9 Å². The zero-order valence-electron chi connectivity index (χ0n) is 15.7. The van der Waals surface area contributed by atoms with Gasteiger partial charge >= 0.3 is 0 Å². The molecule has 1 aliphatic heterocycles. The van der Waals surface area contributed by atoms with Gasteiger partial charge in [-0.05, 0) is 24.6 Å². The van der Waals surface area contributed by atoms with Crippen LogP contribution in [0.5, 0.6) is 5.88 Å². The lowest BCUT2D eigenvalue weighted by Gasteiger charge is -2.29. The first-order chi connectivity index (χ1) is 14.1. The Labute approximate surface area is 177 Å². The monoisotopic (exact) mass is 430 g/mol. The van der Waals surface area contributed by atoms with Gasteiger partial charge in [0.1, 0.15) is 18.1 Å². The Morgan fingerprint density at radius 3 is 2.93 bits per heavy atom. The number of hydrogen-bond acceptors (Lipinski definition) is 7. The Kier molecular flexibility index (Phi) is 6.01. The van der Waals surface area contributed by atoms with E-state index < -0.39 is 0 Å². The van der Waals surface area contributed by atoms with E-state index in [0.29, 0.717) is 34.6 Å². The maximum atomic E-state index is 11.0. The molecule has 0 aliphatic carbocycles. The number of aryl methyl sites for hydroxylation is 1. The van der Waals surface area contributed by atoms with Crippen molar-refractivity contribution in [3.8, 4) is 17.3 Å². The first-order valence-electron chi connectivity index (χ1n) is 9.11. The fraction of sp³-hybridized carbons (Fsp3) is 0.300. The molecular weight excluding hydrogens is 412 g/mol. The van der Waals surface area contributed by atoms with Crippen molar-refractivity contribution in [3.63, 3.8) is 0 Å². The van der Waals surface area contributed by atoms with E-state index in [1.54, 1.807) is 23.2 Å². The smallest absolute Gasteiger partial charge is 0.213 e. The molecule has 0 bridgehead atoms. The molecule has 150 valence electrons. The number of hydrogen-bond donors (Lipinski definition) is 0. The maximum Gasteiger partial charge on any atom is 0.213 e. The Hall–Kier alpha value is -2.58. The normalized spacial score (nSPS) is 16.6. The van der Waals surface area contributed by atoms with Crippen molar-refractivity contribution < 1.29 is 14.1 Å². The Morgan fingerprint density at radius 2 is 2.21 bits per heavy atom. The van der Waals surface area contributed by atoms with Crippen molar-refractivity contribution in [1.82, 2.24) is 20.0 Å². The number of thioether (sulfide) groups is 1. The van der Waals surface area contributed by atoms with Gasteiger partial charge in [0.25, 0.3) is 0 Å². The molecule has 9 heteroatoms. The number of amides is 1. The third-order valence-electron chi connectivity index (χ3n) is 4.70. The van der Waals surface area contributed by atoms with Crippen molar-refractivity contribution in [3.05, 3.63) is 58.6 Å². The molecule has 0 saturated carbocycles.